The number of carbonyl (C=O) groups excluding carboxylic acids is 2. The van der Waals surface area contributed by atoms with E-state index in [1.54, 1.807) is 6.92 Å². The Morgan fingerprint density at radius 2 is 0.774 bits per heavy atom. The molecule has 5 rings (SSSR count). The Morgan fingerprint density at radius 1 is 0.381 bits per heavy atom. The van der Waals surface area contributed by atoms with E-state index in [2.05, 4.69) is 13.8 Å². The van der Waals surface area contributed by atoms with Gasteiger partial charge >= 0.3 is 11.9 Å². The number of rotatable bonds is 36. The Hall–Kier alpha value is -1.90. The van der Waals surface area contributed by atoms with Crippen LogP contribution in [0.25, 0.3) is 0 Å². The summed E-state index contributed by atoms with van der Waals surface area (Å²) in [5, 5.41) is 122. The van der Waals surface area contributed by atoms with E-state index >= 15 is 0 Å². The molecule has 25 nitrogen and oxygen atoms in total. The standard InChI is InChI=1S/C59H106O25/c1-8-10-12-13-14-15-18-22-26-30-39(62)80-54-53(84-57-48(71)44(67)42(65)37(31-60)79-57)51(82-55-47(70)43(66)40(63)32(3)74-55)35(6)77-59(54)81-50-34(5)76-56(49(72)46(50)69)83-52-45(68)41(64)33(4)75-58(52)78-36(27-23-11-9-2)28-24-20-17-16-19-21-25-29-38(61)73-7/h32-37,40-60,63-72H,8-31H2,1-7H3/t32-,33+,34-,35-,36-,37+,40-,41-,42+,43+,44-,45-,46-,47+,48+,49+,50-,51-,52+,53+,54+,55-,56-,57-,58-,59-/m0/s1. The Kier molecular flexibility index (Phi) is 32.4. The quantitative estimate of drug-likeness (QED) is 0.0317. The fraction of sp³-hybridized carbons (Fsp3) is 0.966. The van der Waals surface area contributed by atoms with Gasteiger partial charge in [-0.25, -0.2) is 0 Å². The molecule has 0 aromatic rings. The largest absolute Gasteiger partial charge is 0.469 e. The van der Waals surface area contributed by atoms with Gasteiger partial charge in [0.2, 0.25) is 0 Å². The lowest BCUT2D eigenvalue weighted by molar-refractivity contribution is -0.400. The lowest BCUT2D eigenvalue weighted by atomic mass is 9.95. The van der Waals surface area contributed by atoms with Crippen LogP contribution in [0.3, 0.4) is 0 Å². The lowest BCUT2D eigenvalue weighted by Gasteiger charge is -2.51. The molecular formula is C59H106O25. The van der Waals surface area contributed by atoms with Gasteiger partial charge in [0.15, 0.2) is 37.6 Å². The van der Waals surface area contributed by atoms with Crippen molar-refractivity contribution in [1.29, 1.82) is 0 Å². The number of unbranched alkanes of at least 4 members (excludes halogenated alkanes) is 16. The molecule has 0 bridgehead atoms. The molecule has 0 saturated carbocycles. The molecule has 5 saturated heterocycles. The van der Waals surface area contributed by atoms with Crippen molar-refractivity contribution in [2.24, 2.45) is 0 Å². The average molecular weight is 1220 g/mol. The van der Waals surface area contributed by atoms with Crippen LogP contribution in [0.2, 0.25) is 0 Å². The van der Waals surface area contributed by atoms with E-state index in [4.69, 9.17) is 56.8 Å². The van der Waals surface area contributed by atoms with E-state index in [0.29, 0.717) is 32.1 Å². The number of aliphatic hydroxyl groups is 11. The third-order valence-corrected chi connectivity index (χ3v) is 17.0. The molecule has 0 spiro atoms. The molecule has 5 heterocycles. The summed E-state index contributed by atoms with van der Waals surface area (Å²) in [6.45, 7) is 9.41. The number of carbonyl (C=O) groups is 2. The normalized spacial score (nSPS) is 39.7. The Morgan fingerprint density at radius 3 is 1.35 bits per heavy atom. The predicted octanol–water partition coefficient (Wildman–Crippen LogP) is 2.31. The summed E-state index contributed by atoms with van der Waals surface area (Å²) in [6.07, 6.45) is -20.3. The highest BCUT2D eigenvalue weighted by molar-refractivity contribution is 5.69. The van der Waals surface area contributed by atoms with Crippen molar-refractivity contribution < 1.29 is 123 Å². The smallest absolute Gasteiger partial charge is 0.306 e. The van der Waals surface area contributed by atoms with Crippen LogP contribution in [-0.2, 0) is 66.4 Å². The minimum absolute atomic E-state index is 0.0987. The summed E-state index contributed by atoms with van der Waals surface area (Å²) >= 11 is 0. The molecule has 0 aromatic carbocycles. The first kappa shape index (κ1) is 72.8. The van der Waals surface area contributed by atoms with Gasteiger partial charge in [0.1, 0.15) is 91.6 Å². The highest BCUT2D eigenvalue weighted by Gasteiger charge is 2.58. The first-order chi connectivity index (χ1) is 40.2. The second kappa shape index (κ2) is 37.3. The van der Waals surface area contributed by atoms with Crippen molar-refractivity contribution in [2.45, 2.75) is 349 Å². The van der Waals surface area contributed by atoms with Crippen LogP contribution >= 0.6 is 0 Å². The van der Waals surface area contributed by atoms with Gasteiger partial charge in [-0.3, -0.25) is 9.59 Å². The fourth-order valence-corrected chi connectivity index (χ4v) is 11.5. The summed E-state index contributed by atoms with van der Waals surface area (Å²) in [5.74, 6) is -0.978. The van der Waals surface area contributed by atoms with Crippen LogP contribution in [0.5, 0.6) is 0 Å². The molecule has 0 unspecified atom stereocenters. The SMILES string of the molecule is CCCCCCCCCCCC(=O)O[C@H]1[C@H](O[C@@H]2[C@@H](O)[C@@H](O)[C@H](O[C@H]3[C@H](O[C@@H](CCCCC)CCCCCCCCCC(=O)OC)O[C@H](C)[C@H](O)[C@@H]3O)O[C@H]2C)O[C@@H](C)[C@H](O[C@@H]2O[C@@H](C)[C@H](O)[C@@H](O)[C@H]2O)[C@H]1O[C@@H]1O[C@H](CO)[C@@H](O)[C@H](O)[C@H]1O. The van der Waals surface area contributed by atoms with E-state index in [1.807, 2.05) is 0 Å². The second-order valence-electron chi connectivity index (χ2n) is 23.7. The summed E-state index contributed by atoms with van der Waals surface area (Å²) in [6, 6.07) is 0. The van der Waals surface area contributed by atoms with E-state index in [0.717, 1.165) is 103 Å². The lowest BCUT2D eigenvalue weighted by Crippen LogP contribution is -2.68. The molecular weight excluding hydrogens is 1110 g/mol. The number of esters is 2. The minimum atomic E-state index is -1.99. The third kappa shape index (κ3) is 21.1. The maximum absolute atomic E-state index is 14.0. The van der Waals surface area contributed by atoms with Crippen molar-refractivity contribution in [3.05, 3.63) is 0 Å². The monoisotopic (exact) mass is 1210 g/mol. The zero-order chi connectivity index (χ0) is 61.6. The Labute approximate surface area is 495 Å². The molecule has 5 aliphatic heterocycles. The van der Waals surface area contributed by atoms with Gasteiger partial charge < -0.3 is 113 Å². The zero-order valence-corrected chi connectivity index (χ0v) is 50.6. The van der Waals surface area contributed by atoms with Crippen LogP contribution in [0.15, 0.2) is 0 Å². The summed E-state index contributed by atoms with van der Waals surface area (Å²) in [7, 11) is 1.39. The fourth-order valence-electron chi connectivity index (χ4n) is 11.5. The number of methoxy groups -OCH3 is 1. The van der Waals surface area contributed by atoms with Crippen molar-refractivity contribution in [1.82, 2.24) is 0 Å². The first-order valence-electron chi connectivity index (χ1n) is 31.4. The van der Waals surface area contributed by atoms with Crippen molar-refractivity contribution in [3.63, 3.8) is 0 Å². The van der Waals surface area contributed by atoms with Gasteiger partial charge in [-0.2, -0.15) is 0 Å². The molecule has 26 atom stereocenters. The van der Waals surface area contributed by atoms with E-state index in [1.165, 1.54) is 34.3 Å². The number of aliphatic hydroxyl groups excluding tert-OH is 11. The molecule has 5 fully saturated rings. The molecule has 0 aliphatic carbocycles. The Bertz CT molecular complexity index is 1820. The molecule has 0 radical (unpaired) electrons. The van der Waals surface area contributed by atoms with Crippen molar-refractivity contribution in [2.75, 3.05) is 13.7 Å². The minimum Gasteiger partial charge on any atom is -0.469 e. The average Bonchev–Trinajstić information content (AvgIpc) is 1.49. The van der Waals surface area contributed by atoms with Crippen molar-refractivity contribution in [3.8, 4) is 0 Å². The van der Waals surface area contributed by atoms with Gasteiger partial charge in [0, 0.05) is 12.8 Å². The Balaban J connectivity index is 1.37. The van der Waals surface area contributed by atoms with Crippen LogP contribution in [0.4, 0.5) is 0 Å². The topological polar surface area (TPSA) is 367 Å². The van der Waals surface area contributed by atoms with Gasteiger partial charge in [-0.05, 0) is 53.4 Å². The molecule has 0 aromatic heterocycles. The molecule has 11 N–H and O–H groups in total. The predicted molar refractivity (Wildman–Crippen MR) is 297 cm³/mol. The number of hydrogen-bond acceptors (Lipinski definition) is 25. The van der Waals surface area contributed by atoms with Gasteiger partial charge in [-0.15, -0.1) is 0 Å². The third-order valence-electron chi connectivity index (χ3n) is 17.0. The maximum Gasteiger partial charge on any atom is 0.306 e. The highest BCUT2D eigenvalue weighted by atomic mass is 16.8. The van der Waals surface area contributed by atoms with Crippen molar-refractivity contribution >= 4 is 11.9 Å². The summed E-state index contributed by atoms with van der Waals surface area (Å²) in [5.41, 5.74) is 0. The maximum atomic E-state index is 14.0. The molecule has 0 amide bonds. The zero-order valence-electron chi connectivity index (χ0n) is 50.6. The summed E-state index contributed by atoms with van der Waals surface area (Å²) in [4.78, 5) is 25.5. The van der Waals surface area contributed by atoms with E-state index in [-0.39, 0.29) is 18.5 Å². The van der Waals surface area contributed by atoms with E-state index in [9.17, 15) is 65.8 Å². The molecule has 492 valence electrons. The molecule has 84 heavy (non-hydrogen) atoms. The highest BCUT2D eigenvalue weighted by Crippen LogP contribution is 2.38. The van der Waals surface area contributed by atoms with E-state index < -0.39 is 166 Å². The number of hydrogen-bond donors (Lipinski definition) is 11. The van der Waals surface area contributed by atoms with Gasteiger partial charge in [-0.1, -0.05) is 123 Å². The van der Waals surface area contributed by atoms with Crippen LogP contribution in [0.1, 0.15) is 189 Å². The summed E-state index contributed by atoms with van der Waals surface area (Å²) < 4.78 is 73.2. The van der Waals surface area contributed by atoms with Gasteiger partial charge in [0.25, 0.3) is 0 Å². The second-order valence-corrected chi connectivity index (χ2v) is 23.7. The van der Waals surface area contributed by atoms with Gasteiger partial charge in [0.05, 0.1) is 44.2 Å². The van der Waals surface area contributed by atoms with Crippen LogP contribution < -0.4 is 0 Å². The molecule has 5 aliphatic rings. The van der Waals surface area contributed by atoms with Crippen LogP contribution in [-0.4, -0.2) is 241 Å². The van der Waals surface area contributed by atoms with Crippen LogP contribution in [0, 0.1) is 0 Å². The molecule has 25 heteroatoms. The number of ether oxygens (including phenoxy) is 12. The first-order valence-corrected chi connectivity index (χ1v) is 31.4.